The molecule has 88 valence electrons. The van der Waals surface area contributed by atoms with Gasteiger partial charge in [0, 0.05) is 5.75 Å². The van der Waals surface area contributed by atoms with E-state index in [-0.39, 0.29) is 5.92 Å². The zero-order chi connectivity index (χ0) is 11.8. The molecule has 1 atom stereocenters. The van der Waals surface area contributed by atoms with Gasteiger partial charge in [0.1, 0.15) is 0 Å². The normalized spacial score (nSPS) is 12.3. The molecule has 1 aromatic rings. The number of carboxylic acids is 1. The lowest BCUT2D eigenvalue weighted by molar-refractivity contribution is -0.140. The van der Waals surface area contributed by atoms with E-state index in [9.17, 15) is 4.79 Å². The highest BCUT2D eigenvalue weighted by Crippen LogP contribution is 2.10. The Morgan fingerprint density at radius 1 is 1.44 bits per heavy atom. The molecule has 0 aliphatic rings. The number of benzene rings is 1. The van der Waals surface area contributed by atoms with E-state index in [0.29, 0.717) is 18.3 Å². The maximum absolute atomic E-state index is 10.5. The summed E-state index contributed by atoms with van der Waals surface area (Å²) in [6, 6.07) is 9.92. The van der Waals surface area contributed by atoms with Gasteiger partial charge in [-0.3, -0.25) is 4.79 Å². The molecular weight excluding hydrogens is 224 g/mol. The number of rotatable bonds is 7. The highest BCUT2D eigenvalue weighted by Gasteiger charge is 2.09. The van der Waals surface area contributed by atoms with Crippen molar-refractivity contribution in [2.45, 2.75) is 13.5 Å². The summed E-state index contributed by atoms with van der Waals surface area (Å²) in [6.07, 6.45) is 0. The molecule has 16 heavy (non-hydrogen) atoms. The van der Waals surface area contributed by atoms with Crippen molar-refractivity contribution >= 4 is 17.7 Å². The van der Waals surface area contributed by atoms with Gasteiger partial charge in [-0.2, -0.15) is 0 Å². The van der Waals surface area contributed by atoms with Crippen LogP contribution in [0, 0.1) is 5.92 Å². The number of aliphatic carboxylic acids is 1. The first-order valence-corrected chi connectivity index (χ1v) is 6.28. The minimum Gasteiger partial charge on any atom is -0.481 e. The molecule has 3 nitrogen and oxygen atoms in total. The van der Waals surface area contributed by atoms with Crippen LogP contribution in [0.4, 0.5) is 0 Å². The molecule has 4 heteroatoms. The second-order valence-electron chi connectivity index (χ2n) is 3.56. The lowest BCUT2D eigenvalue weighted by atomic mass is 10.2. The van der Waals surface area contributed by atoms with Crippen molar-refractivity contribution < 1.29 is 14.6 Å². The second-order valence-corrected chi connectivity index (χ2v) is 4.54. The zero-order valence-electron chi connectivity index (χ0n) is 9.26. The molecule has 0 aromatic heterocycles. The third-order valence-corrected chi connectivity index (χ3v) is 3.14. The Balaban J connectivity index is 2.07. The van der Waals surface area contributed by atoms with Crippen LogP contribution in [0.1, 0.15) is 12.5 Å². The van der Waals surface area contributed by atoms with E-state index in [1.807, 2.05) is 30.3 Å². The molecule has 1 rings (SSSR count). The average molecular weight is 240 g/mol. The summed E-state index contributed by atoms with van der Waals surface area (Å²) in [4.78, 5) is 10.5. The van der Waals surface area contributed by atoms with Gasteiger partial charge in [-0.25, -0.2) is 0 Å². The van der Waals surface area contributed by atoms with E-state index < -0.39 is 5.97 Å². The number of thioether (sulfide) groups is 1. The number of ether oxygens (including phenoxy) is 1. The van der Waals surface area contributed by atoms with Gasteiger partial charge in [0.25, 0.3) is 0 Å². The van der Waals surface area contributed by atoms with Crippen molar-refractivity contribution in [1.29, 1.82) is 0 Å². The van der Waals surface area contributed by atoms with Crippen LogP contribution >= 0.6 is 11.8 Å². The second kappa shape index (κ2) is 7.30. The van der Waals surface area contributed by atoms with Gasteiger partial charge in [0.15, 0.2) is 0 Å². The molecule has 0 saturated carbocycles. The van der Waals surface area contributed by atoms with E-state index in [2.05, 4.69) is 0 Å². The summed E-state index contributed by atoms with van der Waals surface area (Å²) in [5.41, 5.74) is 1.13. The van der Waals surface area contributed by atoms with E-state index in [1.54, 1.807) is 6.92 Å². The van der Waals surface area contributed by atoms with Crippen LogP contribution in [-0.4, -0.2) is 22.8 Å². The van der Waals surface area contributed by atoms with Gasteiger partial charge in [-0.15, -0.1) is 11.8 Å². The van der Waals surface area contributed by atoms with Crippen LogP contribution in [0.5, 0.6) is 0 Å². The maximum atomic E-state index is 10.5. The molecule has 0 amide bonds. The predicted octanol–water partition coefficient (Wildman–Crippen LogP) is 2.61. The first kappa shape index (κ1) is 13.1. The van der Waals surface area contributed by atoms with Crippen molar-refractivity contribution in [2.24, 2.45) is 5.92 Å². The quantitative estimate of drug-likeness (QED) is 0.588. The molecule has 0 radical (unpaired) electrons. The number of hydrogen-bond donors (Lipinski definition) is 1. The summed E-state index contributed by atoms with van der Waals surface area (Å²) < 4.78 is 5.42. The van der Waals surface area contributed by atoms with Gasteiger partial charge in [0.2, 0.25) is 0 Å². The van der Waals surface area contributed by atoms with Crippen molar-refractivity contribution in [1.82, 2.24) is 0 Å². The van der Waals surface area contributed by atoms with E-state index >= 15 is 0 Å². The summed E-state index contributed by atoms with van der Waals surface area (Å²) in [6.45, 7) is 2.28. The van der Waals surface area contributed by atoms with Crippen LogP contribution in [0.2, 0.25) is 0 Å². The molecule has 0 bridgehead atoms. The molecule has 1 unspecified atom stereocenters. The summed E-state index contributed by atoms with van der Waals surface area (Å²) >= 11 is 1.51. The number of hydrogen-bond acceptors (Lipinski definition) is 3. The van der Waals surface area contributed by atoms with Crippen LogP contribution < -0.4 is 0 Å². The van der Waals surface area contributed by atoms with Gasteiger partial charge in [-0.05, 0) is 5.56 Å². The Kier molecular flexibility index (Phi) is 5.96. The Labute approximate surface area is 99.8 Å². The van der Waals surface area contributed by atoms with E-state index in [4.69, 9.17) is 9.84 Å². The first-order valence-electron chi connectivity index (χ1n) is 5.12. The Morgan fingerprint density at radius 3 is 2.75 bits per heavy atom. The van der Waals surface area contributed by atoms with E-state index in [0.717, 1.165) is 5.56 Å². The summed E-state index contributed by atoms with van der Waals surface area (Å²) in [7, 11) is 0. The third-order valence-electron chi connectivity index (χ3n) is 2.07. The van der Waals surface area contributed by atoms with Crippen molar-refractivity contribution in [3.63, 3.8) is 0 Å². The molecule has 0 aliphatic heterocycles. The monoisotopic (exact) mass is 240 g/mol. The third kappa shape index (κ3) is 5.19. The smallest absolute Gasteiger partial charge is 0.307 e. The molecule has 1 N–H and O–H groups in total. The molecule has 0 aliphatic carbocycles. The van der Waals surface area contributed by atoms with Crippen molar-refractivity contribution in [3.05, 3.63) is 35.9 Å². The minimum atomic E-state index is -0.754. The van der Waals surface area contributed by atoms with Crippen molar-refractivity contribution in [3.8, 4) is 0 Å². The lowest BCUT2D eigenvalue weighted by Crippen LogP contribution is -2.12. The minimum absolute atomic E-state index is 0.315. The van der Waals surface area contributed by atoms with Gasteiger partial charge in [0.05, 0.1) is 18.5 Å². The largest absolute Gasteiger partial charge is 0.481 e. The van der Waals surface area contributed by atoms with Crippen LogP contribution in [0.3, 0.4) is 0 Å². The molecule has 1 aromatic carbocycles. The standard InChI is InChI=1S/C12H16O3S/c1-10(12(13)14)8-16-9-15-7-11-5-3-2-4-6-11/h2-6,10H,7-9H2,1H3,(H,13,14). The Bertz CT molecular complexity index is 313. The fourth-order valence-electron chi connectivity index (χ4n) is 1.09. The number of carbonyl (C=O) groups is 1. The SMILES string of the molecule is CC(CSCOCc1ccccc1)C(=O)O. The maximum Gasteiger partial charge on any atom is 0.307 e. The van der Waals surface area contributed by atoms with Crippen molar-refractivity contribution in [2.75, 3.05) is 11.7 Å². The highest BCUT2D eigenvalue weighted by molar-refractivity contribution is 7.99. The van der Waals surface area contributed by atoms with Crippen LogP contribution in [-0.2, 0) is 16.1 Å². The summed E-state index contributed by atoms with van der Waals surface area (Å²) in [5, 5.41) is 8.66. The lowest BCUT2D eigenvalue weighted by Gasteiger charge is -2.06. The Morgan fingerprint density at radius 2 is 2.12 bits per heavy atom. The van der Waals surface area contributed by atoms with Gasteiger partial charge < -0.3 is 9.84 Å². The number of carboxylic acid groups (broad SMARTS) is 1. The molecule has 0 spiro atoms. The molecule has 0 saturated heterocycles. The van der Waals surface area contributed by atoms with E-state index in [1.165, 1.54) is 11.8 Å². The average Bonchev–Trinajstić information content (AvgIpc) is 2.29. The summed E-state index contributed by atoms with van der Waals surface area (Å²) in [5.74, 6) is 0.0530. The zero-order valence-corrected chi connectivity index (χ0v) is 10.1. The topological polar surface area (TPSA) is 46.5 Å². The molecular formula is C12H16O3S. The highest BCUT2D eigenvalue weighted by atomic mass is 32.2. The Hall–Kier alpha value is -1.00. The first-order chi connectivity index (χ1) is 7.70. The molecule has 0 heterocycles. The van der Waals surface area contributed by atoms with Crippen LogP contribution in [0.25, 0.3) is 0 Å². The fourth-order valence-corrected chi connectivity index (χ4v) is 1.88. The van der Waals surface area contributed by atoms with Gasteiger partial charge in [-0.1, -0.05) is 37.3 Å². The predicted molar refractivity (Wildman–Crippen MR) is 65.4 cm³/mol. The molecule has 0 fully saturated rings. The van der Waals surface area contributed by atoms with Gasteiger partial charge >= 0.3 is 5.97 Å². The van der Waals surface area contributed by atoms with Crippen LogP contribution in [0.15, 0.2) is 30.3 Å². The fraction of sp³-hybridized carbons (Fsp3) is 0.417.